The molecule has 128 valence electrons. The molecule has 0 fully saturated rings. The summed E-state index contributed by atoms with van der Waals surface area (Å²) in [6.07, 6.45) is 0. The third-order valence-corrected chi connectivity index (χ3v) is 4.53. The summed E-state index contributed by atoms with van der Waals surface area (Å²) >= 11 is 3.51. The lowest BCUT2D eigenvalue weighted by molar-refractivity contribution is 0.417. The van der Waals surface area contributed by atoms with Crippen LogP contribution < -0.4 is 15.4 Å². The van der Waals surface area contributed by atoms with Crippen molar-refractivity contribution < 1.29 is 4.74 Å². The smallest absolute Gasteiger partial charge is 0.229 e. The van der Waals surface area contributed by atoms with Crippen LogP contribution in [0.15, 0.2) is 53.0 Å². The second-order valence-electron chi connectivity index (χ2n) is 5.63. The number of benzene rings is 2. The van der Waals surface area contributed by atoms with Crippen LogP contribution in [-0.4, -0.2) is 17.1 Å². The first-order valence-electron chi connectivity index (χ1n) is 7.84. The average Bonchev–Trinajstić information content (AvgIpc) is 2.58. The molecule has 0 radical (unpaired) electrons. The standard InChI is InChI=1S/C19H19BrN4O/c1-12-10-14(8-9-15(12)20)22-18-11-13(2)21-19(24-18)23-16-6-4-5-7-17(16)25-3/h4-11H,1-3H3,(H2,21,22,23,24). The van der Waals surface area contributed by atoms with Gasteiger partial charge < -0.3 is 15.4 Å². The summed E-state index contributed by atoms with van der Waals surface area (Å²) in [7, 11) is 1.64. The minimum Gasteiger partial charge on any atom is -0.495 e. The first-order valence-corrected chi connectivity index (χ1v) is 8.63. The van der Waals surface area contributed by atoms with Crippen molar-refractivity contribution in [1.82, 2.24) is 9.97 Å². The summed E-state index contributed by atoms with van der Waals surface area (Å²) < 4.78 is 6.44. The SMILES string of the molecule is COc1ccccc1Nc1nc(C)cc(Nc2ccc(Br)c(C)c2)n1. The van der Waals surface area contributed by atoms with Crippen molar-refractivity contribution in [1.29, 1.82) is 0 Å². The lowest BCUT2D eigenvalue weighted by Crippen LogP contribution is -2.03. The normalized spacial score (nSPS) is 10.4. The molecule has 5 nitrogen and oxygen atoms in total. The Hall–Kier alpha value is -2.60. The van der Waals surface area contributed by atoms with Gasteiger partial charge in [-0.3, -0.25) is 0 Å². The van der Waals surface area contributed by atoms with Crippen molar-refractivity contribution >= 4 is 39.1 Å². The minimum atomic E-state index is 0.515. The van der Waals surface area contributed by atoms with Crippen LogP contribution >= 0.6 is 15.9 Å². The molecule has 0 bridgehead atoms. The van der Waals surface area contributed by atoms with E-state index in [-0.39, 0.29) is 0 Å². The summed E-state index contributed by atoms with van der Waals surface area (Å²) in [6, 6.07) is 15.7. The number of para-hydroxylation sites is 2. The molecule has 3 aromatic rings. The van der Waals surface area contributed by atoms with Gasteiger partial charge in [-0.25, -0.2) is 4.98 Å². The molecule has 0 aliphatic heterocycles. The van der Waals surface area contributed by atoms with Crippen LogP contribution in [0.5, 0.6) is 5.75 Å². The zero-order valence-electron chi connectivity index (χ0n) is 14.3. The topological polar surface area (TPSA) is 59.1 Å². The third kappa shape index (κ3) is 4.28. The highest BCUT2D eigenvalue weighted by Gasteiger charge is 2.07. The van der Waals surface area contributed by atoms with Crippen LogP contribution in [0, 0.1) is 13.8 Å². The number of aryl methyl sites for hydroxylation is 2. The summed E-state index contributed by atoms with van der Waals surface area (Å²) in [4.78, 5) is 9.00. The second-order valence-corrected chi connectivity index (χ2v) is 6.49. The Labute approximate surface area is 155 Å². The van der Waals surface area contributed by atoms with E-state index in [4.69, 9.17) is 4.74 Å². The van der Waals surface area contributed by atoms with Crippen molar-refractivity contribution in [2.24, 2.45) is 0 Å². The van der Waals surface area contributed by atoms with Crippen molar-refractivity contribution in [2.75, 3.05) is 17.7 Å². The van der Waals surface area contributed by atoms with E-state index in [0.717, 1.165) is 38.7 Å². The van der Waals surface area contributed by atoms with E-state index in [9.17, 15) is 0 Å². The van der Waals surface area contributed by atoms with E-state index >= 15 is 0 Å². The van der Waals surface area contributed by atoms with Gasteiger partial charge in [0.15, 0.2) is 0 Å². The first kappa shape index (κ1) is 17.2. The van der Waals surface area contributed by atoms with Crippen LogP contribution in [0.2, 0.25) is 0 Å². The fraction of sp³-hybridized carbons (Fsp3) is 0.158. The highest BCUT2D eigenvalue weighted by Crippen LogP contribution is 2.27. The van der Waals surface area contributed by atoms with E-state index in [1.807, 2.05) is 49.4 Å². The number of anilines is 4. The zero-order chi connectivity index (χ0) is 17.8. The van der Waals surface area contributed by atoms with Gasteiger partial charge in [-0.05, 0) is 49.7 Å². The predicted molar refractivity (Wildman–Crippen MR) is 105 cm³/mol. The maximum absolute atomic E-state index is 5.36. The number of aromatic nitrogens is 2. The lowest BCUT2D eigenvalue weighted by atomic mass is 10.2. The van der Waals surface area contributed by atoms with E-state index in [1.54, 1.807) is 7.11 Å². The van der Waals surface area contributed by atoms with Gasteiger partial charge in [-0.1, -0.05) is 28.1 Å². The van der Waals surface area contributed by atoms with Gasteiger partial charge in [0, 0.05) is 21.9 Å². The van der Waals surface area contributed by atoms with Gasteiger partial charge in [0.05, 0.1) is 12.8 Å². The summed E-state index contributed by atoms with van der Waals surface area (Å²) in [5.41, 5.74) is 3.81. The summed E-state index contributed by atoms with van der Waals surface area (Å²) in [6.45, 7) is 3.99. The number of hydrogen-bond donors (Lipinski definition) is 2. The molecule has 3 rings (SSSR count). The Morgan fingerprint density at radius 1 is 0.960 bits per heavy atom. The number of ether oxygens (including phenoxy) is 1. The molecule has 1 aromatic heterocycles. The number of nitrogens with one attached hydrogen (secondary N) is 2. The van der Waals surface area contributed by atoms with Crippen LogP contribution in [0.1, 0.15) is 11.3 Å². The molecule has 25 heavy (non-hydrogen) atoms. The summed E-state index contributed by atoms with van der Waals surface area (Å²) in [5, 5.41) is 6.54. The van der Waals surface area contributed by atoms with E-state index in [0.29, 0.717) is 5.95 Å². The number of halogens is 1. The van der Waals surface area contributed by atoms with Crippen molar-refractivity contribution in [3.05, 3.63) is 64.3 Å². The van der Waals surface area contributed by atoms with Gasteiger partial charge >= 0.3 is 0 Å². The van der Waals surface area contributed by atoms with Crippen LogP contribution in [0.3, 0.4) is 0 Å². The van der Waals surface area contributed by atoms with E-state index in [2.05, 4.69) is 49.5 Å². The fourth-order valence-corrected chi connectivity index (χ4v) is 2.67. The number of hydrogen-bond acceptors (Lipinski definition) is 5. The molecule has 0 aliphatic carbocycles. The molecule has 0 atom stereocenters. The molecular formula is C19H19BrN4O. The predicted octanol–water partition coefficient (Wildman–Crippen LogP) is 5.35. The van der Waals surface area contributed by atoms with E-state index < -0.39 is 0 Å². The van der Waals surface area contributed by atoms with Gasteiger partial charge in [0.2, 0.25) is 5.95 Å². The Morgan fingerprint density at radius 3 is 2.52 bits per heavy atom. The van der Waals surface area contributed by atoms with Gasteiger partial charge in [-0.15, -0.1) is 0 Å². The monoisotopic (exact) mass is 398 g/mol. The largest absolute Gasteiger partial charge is 0.495 e. The van der Waals surface area contributed by atoms with Crippen LogP contribution in [0.25, 0.3) is 0 Å². The van der Waals surface area contributed by atoms with Crippen molar-refractivity contribution in [3.8, 4) is 5.75 Å². The Bertz CT molecular complexity index is 898. The number of nitrogens with zero attached hydrogens (tertiary/aromatic N) is 2. The molecular weight excluding hydrogens is 380 g/mol. The van der Waals surface area contributed by atoms with Crippen LogP contribution in [-0.2, 0) is 0 Å². The Kier molecular flexibility index (Phi) is 5.19. The highest BCUT2D eigenvalue weighted by molar-refractivity contribution is 9.10. The average molecular weight is 399 g/mol. The third-order valence-electron chi connectivity index (χ3n) is 3.64. The Morgan fingerprint density at radius 2 is 1.76 bits per heavy atom. The molecule has 0 amide bonds. The highest BCUT2D eigenvalue weighted by atomic mass is 79.9. The van der Waals surface area contributed by atoms with Crippen molar-refractivity contribution in [3.63, 3.8) is 0 Å². The van der Waals surface area contributed by atoms with Gasteiger partial charge in [0.25, 0.3) is 0 Å². The molecule has 0 spiro atoms. The summed E-state index contributed by atoms with van der Waals surface area (Å²) in [5.74, 6) is 1.98. The van der Waals surface area contributed by atoms with Crippen molar-refractivity contribution in [2.45, 2.75) is 13.8 Å². The molecule has 0 saturated carbocycles. The molecule has 6 heteroatoms. The number of methoxy groups -OCH3 is 1. The molecule has 0 saturated heterocycles. The van der Waals surface area contributed by atoms with Gasteiger partial charge in [-0.2, -0.15) is 4.98 Å². The molecule has 2 aromatic carbocycles. The fourth-order valence-electron chi connectivity index (χ4n) is 2.43. The maximum Gasteiger partial charge on any atom is 0.229 e. The van der Waals surface area contributed by atoms with E-state index in [1.165, 1.54) is 0 Å². The molecule has 1 heterocycles. The molecule has 2 N–H and O–H groups in total. The minimum absolute atomic E-state index is 0.515. The lowest BCUT2D eigenvalue weighted by Gasteiger charge is -2.12. The molecule has 0 unspecified atom stereocenters. The second kappa shape index (κ2) is 7.53. The number of rotatable bonds is 5. The first-order chi connectivity index (χ1) is 12.0. The van der Waals surface area contributed by atoms with Gasteiger partial charge in [0.1, 0.15) is 11.6 Å². The molecule has 0 aliphatic rings. The van der Waals surface area contributed by atoms with Crippen LogP contribution in [0.4, 0.5) is 23.1 Å². The quantitative estimate of drug-likeness (QED) is 0.606. The maximum atomic E-state index is 5.36. The zero-order valence-corrected chi connectivity index (χ0v) is 15.9. The Balaban J connectivity index is 1.86.